The summed E-state index contributed by atoms with van der Waals surface area (Å²) in [5.41, 5.74) is 0.249. The molecule has 1 unspecified atom stereocenters. The van der Waals surface area contributed by atoms with Gasteiger partial charge >= 0.3 is 0 Å². The van der Waals surface area contributed by atoms with Gasteiger partial charge in [0.05, 0.1) is 6.61 Å². The van der Waals surface area contributed by atoms with Gasteiger partial charge in [0.25, 0.3) is 0 Å². The van der Waals surface area contributed by atoms with Crippen molar-refractivity contribution in [2.24, 2.45) is 11.3 Å². The summed E-state index contributed by atoms with van der Waals surface area (Å²) < 4.78 is 5.29. The number of hydrogen-bond donors (Lipinski definition) is 2. The Labute approximate surface area is 79.5 Å². The standard InChI is InChI=1S/C10H19NO2/c12-8-10(2-3-10)7-11-5-9-1-4-13-6-9/h9,11-12H,1-8H2. The lowest BCUT2D eigenvalue weighted by Crippen LogP contribution is -2.30. The molecule has 1 heterocycles. The second-order valence-corrected chi connectivity index (χ2v) is 4.52. The first-order valence-electron chi connectivity index (χ1n) is 5.24. The summed E-state index contributed by atoms with van der Waals surface area (Å²) in [4.78, 5) is 0. The van der Waals surface area contributed by atoms with Gasteiger partial charge in [-0.25, -0.2) is 0 Å². The molecule has 0 amide bonds. The molecule has 3 nitrogen and oxygen atoms in total. The molecular weight excluding hydrogens is 166 g/mol. The van der Waals surface area contributed by atoms with E-state index in [1.807, 2.05) is 0 Å². The number of hydrogen-bond acceptors (Lipinski definition) is 3. The number of ether oxygens (including phenoxy) is 1. The van der Waals surface area contributed by atoms with Crippen molar-refractivity contribution in [1.29, 1.82) is 0 Å². The van der Waals surface area contributed by atoms with Gasteiger partial charge in [-0.3, -0.25) is 0 Å². The van der Waals surface area contributed by atoms with E-state index < -0.39 is 0 Å². The molecule has 1 saturated heterocycles. The van der Waals surface area contributed by atoms with E-state index in [1.165, 1.54) is 19.3 Å². The summed E-state index contributed by atoms with van der Waals surface area (Å²) in [5, 5.41) is 12.5. The Balaban J connectivity index is 1.58. The van der Waals surface area contributed by atoms with Crippen LogP contribution < -0.4 is 5.32 Å². The maximum absolute atomic E-state index is 9.08. The van der Waals surface area contributed by atoms with Gasteiger partial charge in [0.15, 0.2) is 0 Å². The van der Waals surface area contributed by atoms with E-state index in [4.69, 9.17) is 9.84 Å². The fourth-order valence-corrected chi connectivity index (χ4v) is 1.85. The van der Waals surface area contributed by atoms with Crippen LogP contribution in [0.1, 0.15) is 19.3 Å². The first kappa shape index (κ1) is 9.44. The lowest BCUT2D eigenvalue weighted by atomic mass is 10.1. The number of aliphatic hydroxyl groups excluding tert-OH is 1. The van der Waals surface area contributed by atoms with Crippen LogP contribution in [0.15, 0.2) is 0 Å². The Bertz CT molecular complexity index is 162. The van der Waals surface area contributed by atoms with Crippen LogP contribution in [0, 0.1) is 11.3 Å². The zero-order valence-electron chi connectivity index (χ0n) is 8.09. The summed E-state index contributed by atoms with van der Waals surface area (Å²) in [6, 6.07) is 0. The minimum Gasteiger partial charge on any atom is -0.396 e. The monoisotopic (exact) mass is 185 g/mol. The normalized spacial score (nSPS) is 30.7. The largest absolute Gasteiger partial charge is 0.396 e. The fraction of sp³-hybridized carbons (Fsp3) is 1.00. The average molecular weight is 185 g/mol. The zero-order valence-corrected chi connectivity index (χ0v) is 8.09. The Morgan fingerprint density at radius 1 is 1.46 bits per heavy atom. The number of rotatable bonds is 5. The topological polar surface area (TPSA) is 41.5 Å². The molecule has 3 heteroatoms. The molecule has 0 aromatic rings. The molecule has 2 rings (SSSR count). The van der Waals surface area contributed by atoms with Crippen LogP contribution in [0.4, 0.5) is 0 Å². The van der Waals surface area contributed by atoms with E-state index in [0.29, 0.717) is 12.5 Å². The van der Waals surface area contributed by atoms with E-state index >= 15 is 0 Å². The molecule has 1 atom stereocenters. The highest BCUT2D eigenvalue weighted by molar-refractivity contribution is 4.94. The van der Waals surface area contributed by atoms with Crippen LogP contribution >= 0.6 is 0 Å². The van der Waals surface area contributed by atoms with E-state index in [-0.39, 0.29) is 5.41 Å². The molecule has 0 bridgehead atoms. The van der Waals surface area contributed by atoms with Crippen molar-refractivity contribution < 1.29 is 9.84 Å². The number of aliphatic hydroxyl groups is 1. The summed E-state index contributed by atoms with van der Waals surface area (Å²) in [7, 11) is 0. The van der Waals surface area contributed by atoms with Crippen molar-refractivity contribution in [2.45, 2.75) is 19.3 Å². The smallest absolute Gasteiger partial charge is 0.0507 e. The molecule has 76 valence electrons. The van der Waals surface area contributed by atoms with Crippen molar-refractivity contribution in [2.75, 3.05) is 32.9 Å². The van der Waals surface area contributed by atoms with Crippen molar-refractivity contribution in [3.05, 3.63) is 0 Å². The molecule has 1 aliphatic heterocycles. The van der Waals surface area contributed by atoms with Gasteiger partial charge in [0.2, 0.25) is 0 Å². The molecule has 0 radical (unpaired) electrons. The predicted molar refractivity (Wildman–Crippen MR) is 50.5 cm³/mol. The average Bonchev–Trinajstić information content (AvgIpc) is 2.74. The molecule has 0 spiro atoms. The summed E-state index contributed by atoms with van der Waals surface area (Å²) in [6.07, 6.45) is 3.58. The number of nitrogens with one attached hydrogen (secondary N) is 1. The van der Waals surface area contributed by atoms with E-state index in [2.05, 4.69) is 5.32 Å². The second-order valence-electron chi connectivity index (χ2n) is 4.52. The van der Waals surface area contributed by atoms with Crippen LogP contribution in [0.3, 0.4) is 0 Å². The highest BCUT2D eigenvalue weighted by Crippen LogP contribution is 2.44. The predicted octanol–water partition coefficient (Wildman–Crippen LogP) is 0.385. The van der Waals surface area contributed by atoms with Crippen molar-refractivity contribution in [3.8, 4) is 0 Å². The maximum atomic E-state index is 9.08. The molecule has 1 saturated carbocycles. The third-order valence-corrected chi connectivity index (χ3v) is 3.25. The molecule has 0 aromatic carbocycles. The van der Waals surface area contributed by atoms with Crippen molar-refractivity contribution in [3.63, 3.8) is 0 Å². The Morgan fingerprint density at radius 3 is 2.85 bits per heavy atom. The molecule has 2 N–H and O–H groups in total. The van der Waals surface area contributed by atoms with Gasteiger partial charge in [-0.2, -0.15) is 0 Å². The van der Waals surface area contributed by atoms with E-state index in [9.17, 15) is 0 Å². The lowest BCUT2D eigenvalue weighted by Gasteiger charge is -2.14. The van der Waals surface area contributed by atoms with Gasteiger partial charge in [-0.15, -0.1) is 0 Å². The molecule has 13 heavy (non-hydrogen) atoms. The zero-order chi connectivity index (χ0) is 9.15. The van der Waals surface area contributed by atoms with Gasteiger partial charge in [0.1, 0.15) is 0 Å². The van der Waals surface area contributed by atoms with Crippen molar-refractivity contribution in [1.82, 2.24) is 5.32 Å². The van der Waals surface area contributed by atoms with Crippen LogP contribution in [-0.4, -0.2) is 38.0 Å². The highest BCUT2D eigenvalue weighted by atomic mass is 16.5. The third kappa shape index (κ3) is 2.42. The molecule has 2 aliphatic rings. The highest BCUT2D eigenvalue weighted by Gasteiger charge is 2.41. The van der Waals surface area contributed by atoms with Crippen LogP contribution in [0.25, 0.3) is 0 Å². The molecule has 0 aromatic heterocycles. The van der Waals surface area contributed by atoms with Gasteiger partial charge in [0, 0.05) is 31.7 Å². The van der Waals surface area contributed by atoms with Crippen molar-refractivity contribution >= 4 is 0 Å². The summed E-state index contributed by atoms with van der Waals surface area (Å²) >= 11 is 0. The van der Waals surface area contributed by atoms with Crippen LogP contribution in [0.2, 0.25) is 0 Å². The van der Waals surface area contributed by atoms with Gasteiger partial charge in [-0.05, 0) is 25.2 Å². The van der Waals surface area contributed by atoms with E-state index in [0.717, 1.165) is 26.3 Å². The lowest BCUT2D eigenvalue weighted by molar-refractivity contribution is 0.182. The third-order valence-electron chi connectivity index (χ3n) is 3.25. The SMILES string of the molecule is OCC1(CNCC2CCOC2)CC1. The second kappa shape index (κ2) is 3.95. The van der Waals surface area contributed by atoms with Crippen LogP contribution in [0.5, 0.6) is 0 Å². The quantitative estimate of drug-likeness (QED) is 0.651. The molecule has 2 fully saturated rings. The van der Waals surface area contributed by atoms with E-state index in [1.54, 1.807) is 0 Å². The fourth-order valence-electron chi connectivity index (χ4n) is 1.85. The van der Waals surface area contributed by atoms with Gasteiger partial charge in [-0.1, -0.05) is 0 Å². The first-order valence-corrected chi connectivity index (χ1v) is 5.24. The maximum Gasteiger partial charge on any atom is 0.0507 e. The molecule has 1 aliphatic carbocycles. The summed E-state index contributed by atoms with van der Waals surface area (Å²) in [6.45, 7) is 4.24. The minimum atomic E-state index is 0.249. The summed E-state index contributed by atoms with van der Waals surface area (Å²) in [5.74, 6) is 0.703. The van der Waals surface area contributed by atoms with Crippen LogP contribution in [-0.2, 0) is 4.74 Å². The Hall–Kier alpha value is -0.120. The Kier molecular flexibility index (Phi) is 2.86. The molecular formula is C10H19NO2. The first-order chi connectivity index (χ1) is 6.35. The minimum absolute atomic E-state index is 0.249. The Morgan fingerprint density at radius 2 is 2.31 bits per heavy atom. The van der Waals surface area contributed by atoms with Gasteiger partial charge < -0.3 is 15.2 Å².